The Hall–Kier alpha value is -3.22. The van der Waals surface area contributed by atoms with Gasteiger partial charge in [-0.15, -0.1) is 0 Å². The summed E-state index contributed by atoms with van der Waals surface area (Å²) in [4.78, 5) is 16.5. The molecule has 0 radical (unpaired) electrons. The number of benzene rings is 2. The molecule has 3 N–H and O–H groups in total. The van der Waals surface area contributed by atoms with Crippen molar-refractivity contribution in [2.75, 3.05) is 7.11 Å². The Bertz CT molecular complexity index is 903. The van der Waals surface area contributed by atoms with Gasteiger partial charge >= 0.3 is 6.09 Å². The Morgan fingerprint density at radius 3 is 2.57 bits per heavy atom. The summed E-state index contributed by atoms with van der Waals surface area (Å²) in [7, 11) is 1.61. The summed E-state index contributed by atoms with van der Waals surface area (Å²) in [6, 6.07) is 12.5. The number of nitrogens with one attached hydrogen (secondary N) is 1. The van der Waals surface area contributed by atoms with E-state index in [4.69, 9.17) is 19.9 Å². The first kappa shape index (κ1) is 19.5. The Labute approximate surface area is 164 Å². The van der Waals surface area contributed by atoms with E-state index in [1.165, 1.54) is 0 Å². The van der Waals surface area contributed by atoms with Crippen LogP contribution in [0, 0.1) is 0 Å². The fourth-order valence-electron chi connectivity index (χ4n) is 2.81. The van der Waals surface area contributed by atoms with Gasteiger partial charge in [0, 0.05) is 12.5 Å². The summed E-state index contributed by atoms with van der Waals surface area (Å²) in [6.45, 7) is 5.42. The molecule has 1 amide bonds. The van der Waals surface area contributed by atoms with E-state index in [0.29, 0.717) is 23.8 Å². The van der Waals surface area contributed by atoms with Gasteiger partial charge in [0.2, 0.25) is 0 Å². The normalized spacial score (nSPS) is 15.9. The highest BCUT2D eigenvalue weighted by Gasteiger charge is 2.26. The van der Waals surface area contributed by atoms with E-state index in [0.717, 1.165) is 17.0 Å². The number of carbonyl (C=O) groups is 1. The molecule has 1 aliphatic rings. The molecule has 0 aliphatic carbocycles. The molecule has 28 heavy (non-hydrogen) atoms. The molecule has 0 spiro atoms. The van der Waals surface area contributed by atoms with Crippen LogP contribution in [0.1, 0.15) is 26.3 Å². The van der Waals surface area contributed by atoms with Crippen LogP contribution in [0.2, 0.25) is 0 Å². The first-order chi connectivity index (χ1) is 13.2. The minimum Gasteiger partial charge on any atom is -0.497 e. The van der Waals surface area contributed by atoms with E-state index in [1.807, 2.05) is 63.2 Å². The number of carbonyl (C=O) groups excluding carboxylic acids is 1. The van der Waals surface area contributed by atoms with Crippen LogP contribution < -0.4 is 20.5 Å². The maximum absolute atomic E-state index is 12.1. The first-order valence-corrected chi connectivity index (χ1v) is 9.02. The van der Waals surface area contributed by atoms with Crippen molar-refractivity contribution >= 4 is 17.6 Å². The smallest absolute Gasteiger partial charge is 0.408 e. The molecular weight excluding hydrogens is 358 g/mol. The Balaban J connectivity index is 1.74. The molecule has 0 saturated heterocycles. The van der Waals surface area contributed by atoms with Crippen LogP contribution in [-0.4, -0.2) is 30.7 Å². The highest BCUT2D eigenvalue weighted by atomic mass is 16.6. The molecule has 0 aromatic heterocycles. The van der Waals surface area contributed by atoms with E-state index >= 15 is 0 Å². The molecule has 7 nitrogen and oxygen atoms in total. The van der Waals surface area contributed by atoms with Gasteiger partial charge in [-0.25, -0.2) is 9.79 Å². The van der Waals surface area contributed by atoms with Gasteiger partial charge in [-0.3, -0.25) is 0 Å². The van der Waals surface area contributed by atoms with E-state index in [-0.39, 0.29) is 0 Å². The van der Waals surface area contributed by atoms with Gasteiger partial charge in [0.05, 0.1) is 18.8 Å². The summed E-state index contributed by atoms with van der Waals surface area (Å²) in [5.41, 5.74) is 7.14. The molecule has 148 valence electrons. The zero-order valence-electron chi connectivity index (χ0n) is 16.5. The third-order valence-corrected chi connectivity index (χ3v) is 4.05. The van der Waals surface area contributed by atoms with E-state index in [1.54, 1.807) is 7.11 Å². The van der Waals surface area contributed by atoms with Crippen molar-refractivity contribution in [1.29, 1.82) is 0 Å². The van der Waals surface area contributed by atoms with Crippen LogP contribution >= 0.6 is 0 Å². The third-order valence-electron chi connectivity index (χ3n) is 4.05. The quantitative estimate of drug-likeness (QED) is 0.834. The molecule has 2 aromatic carbocycles. The van der Waals surface area contributed by atoms with Crippen molar-refractivity contribution in [2.45, 2.75) is 38.8 Å². The molecule has 1 heterocycles. The average Bonchev–Trinajstić information content (AvgIpc) is 2.61. The summed E-state index contributed by atoms with van der Waals surface area (Å²) in [6.07, 6.45) is -0.0259. The number of fused-ring (bicyclic) bond motifs is 1. The maximum Gasteiger partial charge on any atom is 0.408 e. The fraction of sp³-hybridized carbons (Fsp3) is 0.333. The molecule has 0 fully saturated rings. The second-order valence-corrected chi connectivity index (χ2v) is 7.51. The number of nitrogens with zero attached hydrogens (tertiary/aromatic N) is 1. The van der Waals surface area contributed by atoms with Crippen molar-refractivity contribution in [1.82, 2.24) is 5.32 Å². The number of aliphatic imine (C=N–C) groups is 1. The van der Waals surface area contributed by atoms with Crippen LogP contribution in [0.5, 0.6) is 17.2 Å². The summed E-state index contributed by atoms with van der Waals surface area (Å²) < 4.78 is 16.4. The lowest BCUT2D eigenvalue weighted by molar-refractivity contribution is 0.0517. The van der Waals surface area contributed by atoms with Crippen LogP contribution in [0.4, 0.5) is 10.5 Å². The maximum atomic E-state index is 12.1. The number of nitrogens with two attached hydrogens (primary N) is 1. The van der Waals surface area contributed by atoms with E-state index < -0.39 is 17.7 Å². The monoisotopic (exact) mass is 383 g/mol. The molecule has 1 aliphatic heterocycles. The highest BCUT2D eigenvalue weighted by molar-refractivity contribution is 5.93. The lowest BCUT2D eigenvalue weighted by atomic mass is 10.00. The molecule has 7 heteroatoms. The van der Waals surface area contributed by atoms with Gasteiger partial charge in [-0.1, -0.05) is 6.07 Å². The van der Waals surface area contributed by atoms with E-state index in [2.05, 4.69) is 10.3 Å². The molecule has 3 rings (SSSR count). The fourth-order valence-corrected chi connectivity index (χ4v) is 2.81. The number of rotatable bonds is 4. The van der Waals surface area contributed by atoms with Crippen molar-refractivity contribution in [2.24, 2.45) is 10.7 Å². The van der Waals surface area contributed by atoms with Crippen LogP contribution in [0.3, 0.4) is 0 Å². The third kappa shape index (κ3) is 4.94. The zero-order chi connectivity index (χ0) is 20.3. The van der Waals surface area contributed by atoms with Crippen LogP contribution in [0.15, 0.2) is 47.5 Å². The summed E-state index contributed by atoms with van der Waals surface area (Å²) in [5, 5.41) is 2.78. The minimum atomic E-state index is -0.583. The predicted molar refractivity (Wildman–Crippen MR) is 108 cm³/mol. The minimum absolute atomic E-state index is 0.347. The zero-order valence-corrected chi connectivity index (χ0v) is 16.5. The van der Waals surface area contributed by atoms with Gasteiger partial charge in [-0.05, 0) is 56.7 Å². The summed E-state index contributed by atoms with van der Waals surface area (Å²) >= 11 is 0. The summed E-state index contributed by atoms with van der Waals surface area (Å²) in [5.74, 6) is 2.40. The van der Waals surface area contributed by atoms with Gasteiger partial charge in [0.15, 0.2) is 0 Å². The number of amidine groups is 1. The lowest BCUT2D eigenvalue weighted by Gasteiger charge is -2.26. The number of amides is 1. The topological polar surface area (TPSA) is 95.2 Å². The Morgan fingerprint density at radius 1 is 1.14 bits per heavy atom. The molecule has 0 saturated carbocycles. The second kappa shape index (κ2) is 7.80. The second-order valence-electron chi connectivity index (χ2n) is 7.51. The molecule has 1 atom stereocenters. The molecule has 0 unspecified atom stereocenters. The average molecular weight is 383 g/mol. The standard InChI is InChI=1S/C21H25N3O4/c1-21(2,3)28-20(25)24-18-11-13-10-16(8-9-17(13)23-19(18)22)27-15-7-5-6-14(12-15)26-4/h5-10,12,18H,11H2,1-4H3,(H2,22,23)(H,24,25)/t18-/m0/s1. The molecular formula is C21H25N3O4. The number of ether oxygens (including phenoxy) is 3. The number of alkyl carbamates (subject to hydrolysis) is 1. The Kier molecular flexibility index (Phi) is 5.44. The highest BCUT2D eigenvalue weighted by Crippen LogP contribution is 2.32. The van der Waals surface area contributed by atoms with Gasteiger partial charge in [-0.2, -0.15) is 0 Å². The largest absolute Gasteiger partial charge is 0.497 e. The Morgan fingerprint density at radius 2 is 1.86 bits per heavy atom. The molecule has 2 aromatic rings. The number of methoxy groups -OCH3 is 1. The number of hydrogen-bond donors (Lipinski definition) is 2. The van der Waals surface area contributed by atoms with E-state index in [9.17, 15) is 4.79 Å². The van der Waals surface area contributed by atoms with Crippen LogP contribution in [0.25, 0.3) is 0 Å². The van der Waals surface area contributed by atoms with Gasteiger partial charge < -0.3 is 25.3 Å². The number of hydrogen-bond acceptors (Lipinski definition) is 6. The lowest BCUT2D eigenvalue weighted by Crippen LogP contribution is -2.48. The van der Waals surface area contributed by atoms with Crippen molar-refractivity contribution in [3.8, 4) is 17.2 Å². The van der Waals surface area contributed by atoms with Crippen LogP contribution in [-0.2, 0) is 11.2 Å². The van der Waals surface area contributed by atoms with Gasteiger partial charge in [0.1, 0.15) is 28.7 Å². The SMILES string of the molecule is COc1cccc(Oc2ccc3c(c2)C[C@H](NC(=O)OC(C)(C)C)C(N)=N3)c1. The van der Waals surface area contributed by atoms with Crippen molar-refractivity contribution in [3.05, 3.63) is 48.0 Å². The first-order valence-electron chi connectivity index (χ1n) is 9.02. The van der Waals surface area contributed by atoms with Crippen molar-refractivity contribution < 1.29 is 19.0 Å². The van der Waals surface area contributed by atoms with Crippen molar-refractivity contribution in [3.63, 3.8) is 0 Å². The van der Waals surface area contributed by atoms with Gasteiger partial charge in [0.25, 0.3) is 0 Å². The molecule has 0 bridgehead atoms. The predicted octanol–water partition coefficient (Wildman–Crippen LogP) is 3.93.